The highest BCUT2D eigenvalue weighted by molar-refractivity contribution is 5.78. The molecule has 1 N–H and O–H groups in total. The Morgan fingerprint density at radius 1 is 1.27 bits per heavy atom. The van der Waals surface area contributed by atoms with Crippen LogP contribution >= 0.6 is 0 Å². The first-order valence-electron chi connectivity index (χ1n) is 9.45. The van der Waals surface area contributed by atoms with Crippen molar-refractivity contribution in [2.24, 2.45) is 0 Å². The van der Waals surface area contributed by atoms with Gasteiger partial charge < -0.3 is 19.7 Å². The van der Waals surface area contributed by atoms with Gasteiger partial charge in [-0.15, -0.1) is 0 Å². The number of amides is 1. The fraction of sp³-hybridized carbons (Fsp3) is 0.650. The average Bonchev–Trinajstić information content (AvgIpc) is 3.08. The molecule has 1 aromatic carbocycles. The Balaban J connectivity index is 1.43. The van der Waals surface area contributed by atoms with E-state index in [1.54, 1.807) is 7.11 Å². The lowest BCUT2D eigenvalue weighted by atomic mass is 10.1. The zero-order chi connectivity index (χ0) is 18.6. The number of rotatable bonds is 7. The molecular weight excluding hydrogens is 330 g/mol. The zero-order valence-corrected chi connectivity index (χ0v) is 16.2. The van der Waals surface area contributed by atoms with E-state index in [0.717, 1.165) is 51.5 Å². The first-order chi connectivity index (χ1) is 12.5. The summed E-state index contributed by atoms with van der Waals surface area (Å²) in [6.45, 7) is 10.2. The molecule has 1 amide bonds. The highest BCUT2D eigenvalue weighted by atomic mass is 16.5. The molecule has 2 heterocycles. The molecule has 26 heavy (non-hydrogen) atoms. The van der Waals surface area contributed by atoms with Crippen LogP contribution in [0.4, 0.5) is 0 Å². The summed E-state index contributed by atoms with van der Waals surface area (Å²) in [7, 11) is 1.68. The normalized spacial score (nSPS) is 17.9. The zero-order valence-electron chi connectivity index (χ0n) is 16.2. The molecule has 2 aliphatic rings. The molecule has 0 saturated carbocycles. The maximum atomic E-state index is 12.4. The van der Waals surface area contributed by atoms with Crippen molar-refractivity contribution in [2.45, 2.75) is 32.4 Å². The third-order valence-corrected chi connectivity index (χ3v) is 5.11. The van der Waals surface area contributed by atoms with Gasteiger partial charge in [-0.1, -0.05) is 12.1 Å². The fourth-order valence-corrected chi connectivity index (χ4v) is 3.59. The van der Waals surface area contributed by atoms with Gasteiger partial charge in [-0.3, -0.25) is 9.69 Å². The van der Waals surface area contributed by atoms with Crippen LogP contribution in [0.15, 0.2) is 18.2 Å². The van der Waals surface area contributed by atoms with E-state index in [1.807, 2.05) is 18.7 Å². The van der Waals surface area contributed by atoms with Crippen molar-refractivity contribution in [3.05, 3.63) is 29.3 Å². The largest absolute Gasteiger partial charge is 0.493 e. The predicted molar refractivity (Wildman–Crippen MR) is 101 cm³/mol. The molecule has 3 rings (SSSR count). The molecule has 0 aromatic heterocycles. The van der Waals surface area contributed by atoms with Crippen LogP contribution in [0.3, 0.4) is 0 Å². The number of benzene rings is 1. The number of carbonyl (C=O) groups is 1. The molecular formula is C20H31N3O3. The molecule has 2 aliphatic heterocycles. The minimum atomic E-state index is -0.191. The SMILES string of the molecule is COCC(C)(C)NCC(=O)N1CCN(Cc2ccc3c(c2)CCO3)CC1. The summed E-state index contributed by atoms with van der Waals surface area (Å²) in [5, 5.41) is 3.29. The van der Waals surface area contributed by atoms with Gasteiger partial charge in [0, 0.05) is 51.8 Å². The number of carbonyl (C=O) groups excluding carboxylic acids is 1. The molecule has 0 radical (unpaired) electrons. The van der Waals surface area contributed by atoms with Crippen LogP contribution in [0.25, 0.3) is 0 Å². The summed E-state index contributed by atoms with van der Waals surface area (Å²) >= 11 is 0. The second-order valence-corrected chi connectivity index (χ2v) is 7.87. The Kier molecular flexibility index (Phi) is 6.16. The van der Waals surface area contributed by atoms with E-state index in [1.165, 1.54) is 11.1 Å². The van der Waals surface area contributed by atoms with Gasteiger partial charge in [0.2, 0.25) is 5.91 Å². The number of hydrogen-bond donors (Lipinski definition) is 1. The Bertz CT molecular complexity index is 625. The van der Waals surface area contributed by atoms with Crippen LogP contribution in [0.5, 0.6) is 5.75 Å². The average molecular weight is 361 g/mol. The summed E-state index contributed by atoms with van der Waals surface area (Å²) in [4.78, 5) is 16.8. The second-order valence-electron chi connectivity index (χ2n) is 7.87. The Labute approximate surface area is 156 Å². The van der Waals surface area contributed by atoms with Crippen LogP contribution in [-0.4, -0.2) is 74.3 Å². The molecule has 144 valence electrons. The van der Waals surface area contributed by atoms with Gasteiger partial charge in [0.1, 0.15) is 5.75 Å². The lowest BCUT2D eigenvalue weighted by Gasteiger charge is -2.35. The van der Waals surface area contributed by atoms with Crippen LogP contribution < -0.4 is 10.1 Å². The molecule has 6 heteroatoms. The molecule has 1 fully saturated rings. The summed E-state index contributed by atoms with van der Waals surface area (Å²) in [6, 6.07) is 6.51. The van der Waals surface area contributed by atoms with E-state index in [-0.39, 0.29) is 11.4 Å². The van der Waals surface area contributed by atoms with Crippen molar-refractivity contribution in [1.82, 2.24) is 15.1 Å². The summed E-state index contributed by atoms with van der Waals surface area (Å²) in [6.07, 6.45) is 1.01. The first kappa shape index (κ1) is 19.1. The highest BCUT2D eigenvalue weighted by Gasteiger charge is 2.24. The number of hydrogen-bond acceptors (Lipinski definition) is 5. The summed E-state index contributed by atoms with van der Waals surface area (Å²) in [5.74, 6) is 1.21. The van der Waals surface area contributed by atoms with E-state index in [9.17, 15) is 4.79 Å². The minimum absolute atomic E-state index is 0.170. The van der Waals surface area contributed by atoms with Crippen LogP contribution in [0.1, 0.15) is 25.0 Å². The lowest BCUT2D eigenvalue weighted by molar-refractivity contribution is -0.132. The summed E-state index contributed by atoms with van der Waals surface area (Å²) in [5.41, 5.74) is 2.46. The van der Waals surface area contributed by atoms with Gasteiger partial charge >= 0.3 is 0 Å². The molecule has 0 atom stereocenters. The second kappa shape index (κ2) is 8.37. The van der Waals surface area contributed by atoms with Gasteiger partial charge in [-0.25, -0.2) is 0 Å². The predicted octanol–water partition coefficient (Wildman–Crippen LogP) is 1.28. The number of fused-ring (bicyclic) bond motifs is 1. The highest BCUT2D eigenvalue weighted by Crippen LogP contribution is 2.26. The van der Waals surface area contributed by atoms with Crippen LogP contribution in [0, 0.1) is 0 Å². The van der Waals surface area contributed by atoms with E-state index < -0.39 is 0 Å². The van der Waals surface area contributed by atoms with E-state index in [4.69, 9.17) is 9.47 Å². The smallest absolute Gasteiger partial charge is 0.236 e. The number of nitrogens with zero attached hydrogens (tertiary/aromatic N) is 2. The molecule has 0 aliphatic carbocycles. The quantitative estimate of drug-likeness (QED) is 0.793. The Morgan fingerprint density at radius 3 is 2.77 bits per heavy atom. The van der Waals surface area contributed by atoms with Gasteiger partial charge in [0.05, 0.1) is 19.8 Å². The van der Waals surface area contributed by atoms with Crippen molar-refractivity contribution in [1.29, 1.82) is 0 Å². The molecule has 0 bridgehead atoms. The van der Waals surface area contributed by atoms with Crippen LogP contribution in [0.2, 0.25) is 0 Å². The third kappa shape index (κ3) is 4.96. The van der Waals surface area contributed by atoms with Crippen molar-refractivity contribution < 1.29 is 14.3 Å². The molecule has 0 unspecified atom stereocenters. The van der Waals surface area contributed by atoms with Crippen molar-refractivity contribution >= 4 is 5.91 Å². The van der Waals surface area contributed by atoms with Crippen molar-refractivity contribution in [3.63, 3.8) is 0 Å². The van der Waals surface area contributed by atoms with Gasteiger partial charge in [-0.05, 0) is 31.0 Å². The Morgan fingerprint density at radius 2 is 2.04 bits per heavy atom. The van der Waals surface area contributed by atoms with Gasteiger partial charge in [-0.2, -0.15) is 0 Å². The van der Waals surface area contributed by atoms with E-state index in [2.05, 4.69) is 28.4 Å². The number of piperazine rings is 1. The molecule has 1 saturated heterocycles. The third-order valence-electron chi connectivity index (χ3n) is 5.11. The molecule has 6 nitrogen and oxygen atoms in total. The van der Waals surface area contributed by atoms with Gasteiger partial charge in [0.15, 0.2) is 0 Å². The topological polar surface area (TPSA) is 54.0 Å². The van der Waals surface area contributed by atoms with E-state index in [0.29, 0.717) is 13.2 Å². The van der Waals surface area contributed by atoms with E-state index >= 15 is 0 Å². The lowest BCUT2D eigenvalue weighted by Crippen LogP contribution is -2.53. The molecule has 1 aromatic rings. The first-order valence-corrected chi connectivity index (χ1v) is 9.45. The van der Waals surface area contributed by atoms with Crippen molar-refractivity contribution in [3.8, 4) is 5.75 Å². The maximum absolute atomic E-state index is 12.4. The molecule has 0 spiro atoms. The fourth-order valence-electron chi connectivity index (χ4n) is 3.59. The standard InChI is InChI=1S/C20H31N3O3/c1-20(2,15-25-3)21-13-19(24)23-9-7-22(8-10-23)14-16-4-5-18-17(12-16)6-11-26-18/h4-5,12,21H,6-11,13-15H2,1-3H3. The monoisotopic (exact) mass is 361 g/mol. The number of nitrogens with one attached hydrogen (secondary N) is 1. The summed E-state index contributed by atoms with van der Waals surface area (Å²) < 4.78 is 10.8. The number of ether oxygens (including phenoxy) is 2. The van der Waals surface area contributed by atoms with Gasteiger partial charge in [0.25, 0.3) is 0 Å². The Hall–Kier alpha value is -1.63. The van der Waals surface area contributed by atoms with Crippen molar-refractivity contribution in [2.75, 3.05) is 53.0 Å². The minimum Gasteiger partial charge on any atom is -0.493 e. The van der Waals surface area contributed by atoms with Crippen LogP contribution in [-0.2, 0) is 22.5 Å². The maximum Gasteiger partial charge on any atom is 0.236 e. The number of methoxy groups -OCH3 is 1.